The van der Waals surface area contributed by atoms with Gasteiger partial charge in [-0.3, -0.25) is 9.69 Å². The van der Waals surface area contributed by atoms with Crippen molar-refractivity contribution in [2.45, 2.75) is 32.1 Å². The number of hydrogen-bond acceptors (Lipinski definition) is 5. The van der Waals surface area contributed by atoms with Crippen LogP contribution < -0.4 is 15.1 Å². The highest BCUT2D eigenvalue weighted by Crippen LogP contribution is 2.36. The van der Waals surface area contributed by atoms with E-state index in [1.807, 2.05) is 0 Å². The fraction of sp³-hybridized carbons (Fsp3) is 0.500. The van der Waals surface area contributed by atoms with Gasteiger partial charge in [-0.05, 0) is 25.1 Å². The van der Waals surface area contributed by atoms with Gasteiger partial charge in [-0.1, -0.05) is 0 Å². The Morgan fingerprint density at radius 1 is 1.54 bits per heavy atom. The predicted molar refractivity (Wildman–Crippen MR) is 85.3 cm³/mol. The molecule has 0 saturated carbocycles. The van der Waals surface area contributed by atoms with Crippen LogP contribution in [0.2, 0.25) is 0 Å². The van der Waals surface area contributed by atoms with Gasteiger partial charge in [0.15, 0.2) is 0 Å². The first kappa shape index (κ1) is 16.5. The van der Waals surface area contributed by atoms with Crippen LogP contribution in [0, 0.1) is 5.82 Å². The van der Waals surface area contributed by atoms with E-state index in [0.717, 1.165) is 0 Å². The summed E-state index contributed by atoms with van der Waals surface area (Å²) in [7, 11) is 0. The quantitative estimate of drug-likeness (QED) is 0.863. The van der Waals surface area contributed by atoms with Gasteiger partial charge in [-0.25, -0.2) is 9.18 Å². The van der Waals surface area contributed by atoms with Crippen molar-refractivity contribution < 1.29 is 23.8 Å². The number of cyclic esters (lactones) is 1. The molecule has 2 aliphatic rings. The van der Waals surface area contributed by atoms with Crippen LogP contribution >= 0.6 is 0 Å². The Kier molecular flexibility index (Phi) is 4.08. The number of carbonyl (C=O) groups is 2. The summed E-state index contributed by atoms with van der Waals surface area (Å²) in [6.45, 7) is 4.05. The average Bonchev–Trinajstić information content (AvgIpc) is 2.87. The Bertz CT molecular complexity index is 679. The van der Waals surface area contributed by atoms with Crippen molar-refractivity contribution in [2.75, 3.05) is 29.4 Å². The first-order valence-corrected chi connectivity index (χ1v) is 7.80. The number of ether oxygens (including phenoxy) is 1. The SMILES string of the molecule is CC(=O)NCC1CN(c2ccc(N3CC[C@]3(C)O)c(F)c2)C(=O)O1. The second-order valence-electron chi connectivity index (χ2n) is 6.31. The van der Waals surface area contributed by atoms with E-state index in [0.29, 0.717) is 24.3 Å². The van der Waals surface area contributed by atoms with Crippen molar-refractivity contribution in [3.05, 3.63) is 24.0 Å². The molecule has 2 N–H and O–H groups in total. The number of aliphatic hydroxyl groups is 1. The molecule has 7 nitrogen and oxygen atoms in total. The third kappa shape index (κ3) is 3.01. The van der Waals surface area contributed by atoms with Crippen LogP contribution in [0.3, 0.4) is 0 Å². The Morgan fingerprint density at radius 3 is 2.83 bits per heavy atom. The van der Waals surface area contributed by atoms with Crippen LogP contribution in [0.4, 0.5) is 20.6 Å². The number of nitrogens with zero attached hydrogens (tertiary/aromatic N) is 2. The number of carbonyl (C=O) groups excluding carboxylic acids is 2. The van der Waals surface area contributed by atoms with E-state index in [1.165, 1.54) is 17.9 Å². The molecule has 2 heterocycles. The van der Waals surface area contributed by atoms with E-state index in [-0.39, 0.29) is 19.0 Å². The van der Waals surface area contributed by atoms with E-state index in [2.05, 4.69) is 5.32 Å². The topological polar surface area (TPSA) is 82.1 Å². The predicted octanol–water partition coefficient (Wildman–Crippen LogP) is 1.21. The summed E-state index contributed by atoms with van der Waals surface area (Å²) in [4.78, 5) is 25.8. The molecule has 1 unspecified atom stereocenters. The zero-order valence-corrected chi connectivity index (χ0v) is 13.6. The highest BCUT2D eigenvalue weighted by Gasteiger charge is 2.40. The molecule has 0 aromatic heterocycles. The van der Waals surface area contributed by atoms with E-state index >= 15 is 0 Å². The summed E-state index contributed by atoms with van der Waals surface area (Å²) in [5.41, 5.74) is -0.359. The summed E-state index contributed by atoms with van der Waals surface area (Å²) < 4.78 is 19.6. The van der Waals surface area contributed by atoms with Crippen molar-refractivity contribution in [3.63, 3.8) is 0 Å². The van der Waals surface area contributed by atoms with Crippen LogP contribution in [0.1, 0.15) is 20.3 Å². The second-order valence-corrected chi connectivity index (χ2v) is 6.31. The van der Waals surface area contributed by atoms with E-state index in [4.69, 9.17) is 4.74 Å². The van der Waals surface area contributed by atoms with Crippen molar-refractivity contribution in [3.8, 4) is 0 Å². The maximum Gasteiger partial charge on any atom is 0.414 e. The molecule has 8 heteroatoms. The van der Waals surface area contributed by atoms with Gasteiger partial charge in [0, 0.05) is 19.9 Å². The van der Waals surface area contributed by atoms with Crippen molar-refractivity contribution in [1.29, 1.82) is 0 Å². The van der Waals surface area contributed by atoms with E-state index in [1.54, 1.807) is 24.0 Å². The van der Waals surface area contributed by atoms with Crippen molar-refractivity contribution >= 4 is 23.4 Å². The van der Waals surface area contributed by atoms with Crippen LogP contribution in [-0.2, 0) is 9.53 Å². The molecule has 0 radical (unpaired) electrons. The highest BCUT2D eigenvalue weighted by molar-refractivity contribution is 5.90. The van der Waals surface area contributed by atoms with Gasteiger partial charge >= 0.3 is 6.09 Å². The minimum atomic E-state index is -1.04. The monoisotopic (exact) mass is 337 g/mol. The molecule has 1 aromatic carbocycles. The fourth-order valence-electron chi connectivity index (χ4n) is 2.91. The number of benzene rings is 1. The molecule has 0 spiro atoms. The zero-order chi connectivity index (χ0) is 17.5. The van der Waals surface area contributed by atoms with E-state index < -0.39 is 23.7 Å². The zero-order valence-electron chi connectivity index (χ0n) is 13.6. The van der Waals surface area contributed by atoms with Gasteiger partial charge in [-0.15, -0.1) is 0 Å². The fourth-order valence-corrected chi connectivity index (χ4v) is 2.91. The number of amides is 2. The van der Waals surface area contributed by atoms with Gasteiger partial charge in [0.05, 0.1) is 24.5 Å². The lowest BCUT2D eigenvalue weighted by atomic mass is 9.99. The standard InChI is InChI=1S/C16H20FN3O4/c1-10(21)18-8-12-9-19(15(22)24-12)11-3-4-14(13(17)7-11)20-6-5-16(20,2)23/h3-4,7,12,23H,5-6,8-9H2,1-2H3,(H,18,21)/t12?,16-/m0/s1. The molecular formula is C16H20FN3O4. The Labute approximate surface area is 139 Å². The Morgan fingerprint density at radius 2 is 2.29 bits per heavy atom. The van der Waals surface area contributed by atoms with Crippen LogP contribution in [0.25, 0.3) is 0 Å². The third-order valence-electron chi connectivity index (χ3n) is 4.38. The number of nitrogens with one attached hydrogen (secondary N) is 1. The minimum Gasteiger partial charge on any atom is -0.442 e. The second kappa shape index (κ2) is 5.94. The molecule has 3 rings (SSSR count). The first-order valence-electron chi connectivity index (χ1n) is 7.80. The van der Waals surface area contributed by atoms with Crippen molar-refractivity contribution in [1.82, 2.24) is 5.32 Å². The van der Waals surface area contributed by atoms with Crippen LogP contribution in [-0.4, -0.2) is 48.6 Å². The summed E-state index contributed by atoms with van der Waals surface area (Å²) in [5.74, 6) is -0.716. The molecule has 0 aliphatic carbocycles. The molecule has 24 heavy (non-hydrogen) atoms. The van der Waals surface area contributed by atoms with Gasteiger partial charge in [-0.2, -0.15) is 0 Å². The Hall–Kier alpha value is -2.35. The molecule has 2 atom stereocenters. The van der Waals surface area contributed by atoms with Crippen LogP contribution in [0.5, 0.6) is 0 Å². The van der Waals surface area contributed by atoms with Gasteiger partial charge in [0.1, 0.15) is 17.6 Å². The molecular weight excluding hydrogens is 317 g/mol. The first-order chi connectivity index (χ1) is 11.3. The largest absolute Gasteiger partial charge is 0.442 e. The lowest BCUT2D eigenvalue weighted by molar-refractivity contribution is -0.119. The van der Waals surface area contributed by atoms with Gasteiger partial charge in [0.2, 0.25) is 5.91 Å². The van der Waals surface area contributed by atoms with Gasteiger partial charge in [0.25, 0.3) is 0 Å². The maximum absolute atomic E-state index is 14.4. The molecule has 2 fully saturated rings. The smallest absolute Gasteiger partial charge is 0.414 e. The number of anilines is 2. The van der Waals surface area contributed by atoms with Crippen molar-refractivity contribution in [2.24, 2.45) is 0 Å². The molecule has 2 aliphatic heterocycles. The molecule has 1 aromatic rings. The summed E-state index contributed by atoms with van der Waals surface area (Å²) in [5, 5.41) is 12.6. The molecule has 0 bridgehead atoms. The molecule has 130 valence electrons. The maximum atomic E-state index is 14.4. The average molecular weight is 337 g/mol. The van der Waals surface area contributed by atoms with Crippen LogP contribution in [0.15, 0.2) is 18.2 Å². The van der Waals surface area contributed by atoms with E-state index in [9.17, 15) is 19.1 Å². The number of hydrogen-bond donors (Lipinski definition) is 2. The normalized spacial score (nSPS) is 26.2. The molecule has 2 saturated heterocycles. The van der Waals surface area contributed by atoms with Gasteiger partial charge < -0.3 is 20.1 Å². The number of halogens is 1. The summed E-state index contributed by atoms with van der Waals surface area (Å²) in [6, 6.07) is 4.42. The third-order valence-corrected chi connectivity index (χ3v) is 4.38. The lowest BCUT2D eigenvalue weighted by Gasteiger charge is -2.48. The number of rotatable bonds is 4. The summed E-state index contributed by atoms with van der Waals surface area (Å²) in [6.07, 6.45) is -0.467. The summed E-state index contributed by atoms with van der Waals surface area (Å²) >= 11 is 0. The minimum absolute atomic E-state index is 0.207. The Balaban J connectivity index is 1.72. The molecule has 2 amide bonds. The lowest BCUT2D eigenvalue weighted by Crippen LogP contribution is -2.58. The highest BCUT2D eigenvalue weighted by atomic mass is 19.1.